The summed E-state index contributed by atoms with van der Waals surface area (Å²) < 4.78 is 22.0. The Bertz CT molecular complexity index is 1540. The number of anilines is 1. The number of aryl methyl sites for hydroxylation is 2. The van der Waals surface area contributed by atoms with Crippen LogP contribution in [-0.2, 0) is 24.2 Å². The molecule has 2 aromatic heterocycles. The van der Waals surface area contributed by atoms with Gasteiger partial charge in [0.25, 0.3) is 5.56 Å². The van der Waals surface area contributed by atoms with E-state index in [0.29, 0.717) is 28.3 Å². The van der Waals surface area contributed by atoms with Crippen molar-refractivity contribution in [2.75, 3.05) is 11.9 Å². The van der Waals surface area contributed by atoms with Crippen molar-refractivity contribution >= 4 is 33.1 Å². The topological polar surface area (TPSA) is 82.3 Å². The molecule has 1 amide bonds. The van der Waals surface area contributed by atoms with Crippen molar-refractivity contribution in [3.05, 3.63) is 85.6 Å². The number of thiophene rings is 1. The fourth-order valence-electron chi connectivity index (χ4n) is 4.49. The van der Waals surface area contributed by atoms with Crippen LogP contribution in [0.4, 0.5) is 10.1 Å². The summed E-state index contributed by atoms with van der Waals surface area (Å²) in [7, 11) is 0. The first-order chi connectivity index (χ1) is 17.0. The van der Waals surface area contributed by atoms with Crippen molar-refractivity contribution in [1.29, 1.82) is 0 Å². The molecule has 180 valence electrons. The van der Waals surface area contributed by atoms with Crippen LogP contribution < -0.4 is 21.3 Å². The number of aromatic nitrogens is 2. The number of nitrogens with zero attached hydrogens (tertiary/aromatic N) is 2. The van der Waals surface area contributed by atoms with Gasteiger partial charge in [-0.2, -0.15) is 0 Å². The maximum Gasteiger partial charge on any atom is 0.337 e. The predicted molar refractivity (Wildman–Crippen MR) is 135 cm³/mol. The summed E-state index contributed by atoms with van der Waals surface area (Å²) in [6.07, 6.45) is 3.58. The number of hydrogen-bond acceptors (Lipinski definition) is 5. The number of carbonyl (C=O) groups excluding carboxylic acids is 1. The van der Waals surface area contributed by atoms with Crippen molar-refractivity contribution in [2.45, 2.75) is 39.2 Å². The maximum absolute atomic E-state index is 14.1. The molecule has 2 aromatic carbocycles. The van der Waals surface area contributed by atoms with Crippen LogP contribution in [0.15, 0.2) is 58.1 Å². The number of nitrogens with one attached hydrogen (secondary N) is 1. The summed E-state index contributed by atoms with van der Waals surface area (Å²) in [6.45, 7) is 2.02. The van der Waals surface area contributed by atoms with Gasteiger partial charge in [0.2, 0.25) is 5.91 Å². The van der Waals surface area contributed by atoms with E-state index in [1.807, 2.05) is 6.92 Å². The van der Waals surface area contributed by atoms with Gasteiger partial charge in [0.1, 0.15) is 22.9 Å². The van der Waals surface area contributed by atoms with E-state index in [0.717, 1.165) is 40.7 Å². The first-order valence-electron chi connectivity index (χ1n) is 11.6. The third-order valence-electron chi connectivity index (χ3n) is 6.09. The molecule has 1 N–H and O–H groups in total. The summed E-state index contributed by atoms with van der Waals surface area (Å²) in [5.41, 5.74) is 0.383. The van der Waals surface area contributed by atoms with Crippen LogP contribution in [0, 0.1) is 5.82 Å². The van der Waals surface area contributed by atoms with E-state index in [1.54, 1.807) is 30.3 Å². The molecule has 35 heavy (non-hydrogen) atoms. The number of fused-ring (bicyclic) bond motifs is 3. The first kappa shape index (κ1) is 23.0. The van der Waals surface area contributed by atoms with E-state index < -0.39 is 17.4 Å². The van der Waals surface area contributed by atoms with Crippen LogP contribution in [0.1, 0.15) is 30.2 Å². The second-order valence-corrected chi connectivity index (χ2v) is 9.44. The lowest BCUT2D eigenvalue weighted by Crippen LogP contribution is -2.40. The number of ether oxygens (including phenoxy) is 1. The van der Waals surface area contributed by atoms with E-state index in [1.165, 1.54) is 34.1 Å². The van der Waals surface area contributed by atoms with Gasteiger partial charge in [0, 0.05) is 4.88 Å². The molecule has 4 aromatic rings. The summed E-state index contributed by atoms with van der Waals surface area (Å²) >= 11 is 1.39. The molecule has 0 saturated carbocycles. The molecule has 1 aliphatic carbocycles. The smallest absolute Gasteiger partial charge is 0.337 e. The molecule has 1 aliphatic rings. The van der Waals surface area contributed by atoms with E-state index in [-0.39, 0.29) is 17.8 Å². The van der Waals surface area contributed by atoms with Crippen LogP contribution in [0.5, 0.6) is 5.75 Å². The van der Waals surface area contributed by atoms with E-state index in [2.05, 4.69) is 5.32 Å². The fourth-order valence-corrected chi connectivity index (χ4v) is 5.86. The molecule has 0 spiro atoms. The Hall–Kier alpha value is -3.72. The number of halogens is 1. The molecule has 0 unspecified atom stereocenters. The normalized spacial score (nSPS) is 13.0. The van der Waals surface area contributed by atoms with Gasteiger partial charge in [-0.3, -0.25) is 14.2 Å². The Labute approximate surface area is 204 Å². The van der Waals surface area contributed by atoms with Gasteiger partial charge in [-0.25, -0.2) is 13.8 Å². The highest BCUT2D eigenvalue weighted by Gasteiger charge is 2.25. The SMILES string of the molecule is CCOc1ccc(-n2c(=O)c3c4c(sc3n(CC(=O)Nc3ccccc3F)c2=O)CCCC4)cc1. The quantitative estimate of drug-likeness (QED) is 0.435. The van der Waals surface area contributed by atoms with Crippen LogP contribution in [0.3, 0.4) is 0 Å². The molecule has 0 saturated heterocycles. The zero-order valence-corrected chi connectivity index (χ0v) is 20.0. The number of hydrogen-bond donors (Lipinski definition) is 1. The molecule has 9 heteroatoms. The molecule has 0 bridgehead atoms. The summed E-state index contributed by atoms with van der Waals surface area (Å²) in [6, 6.07) is 12.6. The molecule has 0 radical (unpaired) electrons. The van der Waals surface area contributed by atoms with Crippen LogP contribution in [0.25, 0.3) is 15.9 Å². The highest BCUT2D eigenvalue weighted by atomic mass is 32.1. The largest absolute Gasteiger partial charge is 0.494 e. The molecule has 0 aliphatic heterocycles. The molecule has 2 heterocycles. The molecule has 5 rings (SSSR count). The molecule has 7 nitrogen and oxygen atoms in total. The number of amides is 1. The number of carbonyl (C=O) groups is 1. The van der Waals surface area contributed by atoms with Gasteiger partial charge in [0.15, 0.2) is 0 Å². The van der Waals surface area contributed by atoms with Crippen molar-refractivity contribution < 1.29 is 13.9 Å². The maximum atomic E-state index is 14.1. The van der Waals surface area contributed by atoms with Crippen LogP contribution in [-0.4, -0.2) is 21.6 Å². The molecule has 0 fully saturated rings. The molecular weight excluding hydrogens is 469 g/mol. The third-order valence-corrected chi connectivity index (χ3v) is 7.41. The van der Waals surface area contributed by atoms with Crippen molar-refractivity contribution in [1.82, 2.24) is 9.13 Å². The monoisotopic (exact) mass is 493 g/mol. The van der Waals surface area contributed by atoms with E-state index >= 15 is 0 Å². The number of rotatable bonds is 6. The zero-order valence-electron chi connectivity index (χ0n) is 19.2. The van der Waals surface area contributed by atoms with Gasteiger partial charge < -0.3 is 10.1 Å². The van der Waals surface area contributed by atoms with Gasteiger partial charge in [-0.1, -0.05) is 12.1 Å². The average molecular weight is 494 g/mol. The minimum atomic E-state index is -0.617. The Morgan fingerprint density at radius 3 is 2.57 bits per heavy atom. The molecular formula is C26H24FN3O4S. The highest BCUT2D eigenvalue weighted by Crippen LogP contribution is 2.34. The van der Waals surface area contributed by atoms with Gasteiger partial charge in [-0.05, 0) is 74.6 Å². The lowest BCUT2D eigenvalue weighted by molar-refractivity contribution is -0.116. The Morgan fingerprint density at radius 1 is 1.09 bits per heavy atom. The van der Waals surface area contributed by atoms with Gasteiger partial charge >= 0.3 is 5.69 Å². The second kappa shape index (κ2) is 9.50. The Kier molecular flexibility index (Phi) is 6.25. The minimum absolute atomic E-state index is 0.0344. The third kappa shape index (κ3) is 4.27. The van der Waals surface area contributed by atoms with E-state index in [4.69, 9.17) is 4.74 Å². The summed E-state index contributed by atoms with van der Waals surface area (Å²) in [5, 5.41) is 3.02. The molecule has 0 atom stereocenters. The zero-order chi connectivity index (χ0) is 24.5. The van der Waals surface area contributed by atoms with Crippen LogP contribution >= 0.6 is 11.3 Å². The Balaban J connectivity index is 1.65. The standard InChI is InChI=1S/C26H24FN3O4S/c1-2-34-17-13-11-16(12-14-17)30-24(32)23-18-7-3-6-10-21(18)35-25(23)29(26(30)33)15-22(31)28-20-9-5-4-8-19(20)27/h4-5,8-9,11-14H,2-3,6-7,10,15H2,1H3,(H,28,31). The highest BCUT2D eigenvalue weighted by molar-refractivity contribution is 7.18. The van der Waals surface area contributed by atoms with E-state index in [9.17, 15) is 18.8 Å². The number of para-hydroxylation sites is 1. The lowest BCUT2D eigenvalue weighted by Gasteiger charge is -2.14. The van der Waals surface area contributed by atoms with Gasteiger partial charge in [-0.15, -0.1) is 11.3 Å². The minimum Gasteiger partial charge on any atom is -0.494 e. The summed E-state index contributed by atoms with van der Waals surface area (Å²) in [5.74, 6) is -0.492. The predicted octanol–water partition coefficient (Wildman–Crippen LogP) is 4.27. The fraction of sp³-hybridized carbons (Fsp3) is 0.269. The van der Waals surface area contributed by atoms with Gasteiger partial charge in [0.05, 0.1) is 23.4 Å². The first-order valence-corrected chi connectivity index (χ1v) is 12.4. The second-order valence-electron chi connectivity index (χ2n) is 8.36. The van der Waals surface area contributed by atoms with Crippen molar-refractivity contribution in [3.63, 3.8) is 0 Å². The van der Waals surface area contributed by atoms with Crippen molar-refractivity contribution in [3.8, 4) is 11.4 Å². The summed E-state index contributed by atoms with van der Waals surface area (Å²) in [4.78, 5) is 41.7. The average Bonchev–Trinajstić information content (AvgIpc) is 3.24. The Morgan fingerprint density at radius 2 is 1.83 bits per heavy atom. The lowest BCUT2D eigenvalue weighted by atomic mass is 9.97. The van der Waals surface area contributed by atoms with Crippen molar-refractivity contribution in [2.24, 2.45) is 0 Å². The number of benzene rings is 2. The van der Waals surface area contributed by atoms with Crippen LogP contribution in [0.2, 0.25) is 0 Å².